The van der Waals surface area contributed by atoms with E-state index in [0.29, 0.717) is 23.7 Å². The van der Waals surface area contributed by atoms with E-state index in [1.54, 1.807) is 23.7 Å². The van der Waals surface area contributed by atoms with Crippen LogP contribution in [-0.4, -0.2) is 57.3 Å². The predicted molar refractivity (Wildman–Crippen MR) is 113 cm³/mol. The largest absolute Gasteiger partial charge is 0.474 e. The maximum Gasteiger partial charge on any atom is 0.298 e. The molecule has 176 valence electrons. The van der Waals surface area contributed by atoms with Crippen LogP contribution in [0.5, 0.6) is 11.9 Å². The van der Waals surface area contributed by atoms with E-state index >= 15 is 0 Å². The average Bonchev–Trinajstić information content (AvgIpc) is 3.01. The van der Waals surface area contributed by atoms with Crippen molar-refractivity contribution in [2.24, 2.45) is 7.05 Å². The first kappa shape index (κ1) is 22.7. The summed E-state index contributed by atoms with van der Waals surface area (Å²) in [6, 6.07) is 3.86. The fourth-order valence-electron chi connectivity index (χ4n) is 4.19. The van der Waals surface area contributed by atoms with Crippen molar-refractivity contribution in [1.82, 2.24) is 19.9 Å². The smallest absolute Gasteiger partial charge is 0.298 e. The number of nitrogens with one attached hydrogen (secondary N) is 1. The number of rotatable bonds is 8. The number of aromatic nitrogens is 3. The highest BCUT2D eigenvalue weighted by Gasteiger charge is 2.47. The zero-order valence-electron chi connectivity index (χ0n) is 18.6. The molecule has 0 saturated heterocycles. The summed E-state index contributed by atoms with van der Waals surface area (Å²) in [6.07, 6.45) is 2.61. The zero-order chi connectivity index (χ0) is 22.9. The Bertz CT molecular complexity index is 951. The van der Waals surface area contributed by atoms with Crippen LogP contribution in [-0.2, 0) is 16.6 Å². The van der Waals surface area contributed by atoms with Gasteiger partial charge in [-0.3, -0.25) is 9.36 Å². The molecule has 32 heavy (non-hydrogen) atoms. The van der Waals surface area contributed by atoms with E-state index in [-0.39, 0.29) is 43.0 Å². The number of amides is 1. The molecule has 1 amide bonds. The SMILES string of the molecule is CC(=O)N[C@@H](C)COC1CCC(Oc2ccc3nc(OC4CC(F)(F)C4)n(C)c3n2)CC1. The number of aryl methyl sites for hydroxylation is 1. The Morgan fingerprint density at radius 3 is 2.50 bits per heavy atom. The van der Waals surface area contributed by atoms with Gasteiger partial charge in [-0.2, -0.15) is 9.97 Å². The van der Waals surface area contributed by atoms with Crippen LogP contribution in [0.3, 0.4) is 0 Å². The van der Waals surface area contributed by atoms with Gasteiger partial charge in [-0.05, 0) is 38.7 Å². The number of imidazole rings is 1. The zero-order valence-corrected chi connectivity index (χ0v) is 18.6. The van der Waals surface area contributed by atoms with E-state index in [0.717, 1.165) is 25.7 Å². The van der Waals surface area contributed by atoms with Gasteiger partial charge in [0, 0.05) is 38.9 Å². The maximum absolute atomic E-state index is 13.1. The second kappa shape index (κ2) is 9.17. The van der Waals surface area contributed by atoms with Gasteiger partial charge in [-0.25, -0.2) is 8.78 Å². The quantitative estimate of drug-likeness (QED) is 0.661. The number of hydrogen-bond acceptors (Lipinski definition) is 6. The Morgan fingerprint density at radius 2 is 1.84 bits per heavy atom. The third-order valence-electron chi connectivity index (χ3n) is 5.91. The van der Waals surface area contributed by atoms with Gasteiger partial charge in [0.05, 0.1) is 12.7 Å². The Morgan fingerprint density at radius 1 is 1.16 bits per heavy atom. The van der Waals surface area contributed by atoms with Crippen molar-refractivity contribution in [3.63, 3.8) is 0 Å². The molecule has 0 unspecified atom stereocenters. The molecule has 2 fully saturated rings. The topological polar surface area (TPSA) is 87.5 Å². The van der Waals surface area contributed by atoms with Crippen molar-refractivity contribution in [3.8, 4) is 11.9 Å². The fourth-order valence-corrected chi connectivity index (χ4v) is 4.19. The first-order chi connectivity index (χ1) is 15.2. The molecule has 0 bridgehead atoms. The molecule has 0 aromatic carbocycles. The molecule has 1 N–H and O–H groups in total. The van der Waals surface area contributed by atoms with Gasteiger partial charge in [0.2, 0.25) is 11.8 Å². The Hall–Kier alpha value is -2.49. The third-order valence-corrected chi connectivity index (χ3v) is 5.91. The normalized spacial score (nSPS) is 24.0. The van der Waals surface area contributed by atoms with Gasteiger partial charge in [0.25, 0.3) is 11.9 Å². The summed E-state index contributed by atoms with van der Waals surface area (Å²) in [4.78, 5) is 20.0. The highest BCUT2D eigenvalue weighted by Crippen LogP contribution is 2.39. The maximum atomic E-state index is 13.1. The molecule has 2 aliphatic carbocycles. The average molecular weight is 453 g/mol. The number of alkyl halides is 2. The minimum atomic E-state index is -2.64. The molecule has 4 rings (SSSR count). The molecule has 2 aromatic heterocycles. The Kier molecular flexibility index (Phi) is 6.50. The summed E-state index contributed by atoms with van der Waals surface area (Å²) < 4.78 is 45.4. The van der Waals surface area contributed by atoms with Crippen LogP contribution in [0.25, 0.3) is 11.2 Å². The van der Waals surface area contributed by atoms with Crippen LogP contribution in [0.2, 0.25) is 0 Å². The Labute approximate surface area is 185 Å². The van der Waals surface area contributed by atoms with E-state index in [2.05, 4.69) is 15.3 Å². The standard InChI is InChI=1S/C22H30F2N4O4/c1-13(25-14(2)29)12-30-15-4-6-16(7-5-15)31-19-9-8-18-20(27-19)28(3)21(26-18)32-17-10-22(23,24)11-17/h8-9,13,15-17H,4-7,10-12H2,1-3H3,(H,25,29)/t13-,15?,16?/m0/s1. The van der Waals surface area contributed by atoms with E-state index in [1.165, 1.54) is 6.92 Å². The number of nitrogens with zero attached hydrogens (tertiary/aromatic N) is 3. The van der Waals surface area contributed by atoms with Gasteiger partial charge in [-0.15, -0.1) is 0 Å². The van der Waals surface area contributed by atoms with Crippen molar-refractivity contribution in [3.05, 3.63) is 12.1 Å². The highest BCUT2D eigenvalue weighted by molar-refractivity contribution is 5.73. The predicted octanol–water partition coefficient (Wildman–Crippen LogP) is 3.38. The lowest BCUT2D eigenvalue weighted by Crippen LogP contribution is -2.43. The van der Waals surface area contributed by atoms with Crippen molar-refractivity contribution in [1.29, 1.82) is 0 Å². The summed E-state index contributed by atoms with van der Waals surface area (Å²) in [5.41, 5.74) is 1.22. The number of ether oxygens (including phenoxy) is 3. The van der Waals surface area contributed by atoms with Crippen LogP contribution in [0.4, 0.5) is 8.78 Å². The molecular formula is C22H30F2N4O4. The number of fused-ring (bicyclic) bond motifs is 1. The lowest BCUT2D eigenvalue weighted by Gasteiger charge is -2.34. The number of pyridine rings is 1. The van der Waals surface area contributed by atoms with Crippen molar-refractivity contribution in [2.45, 2.75) is 82.6 Å². The Balaban J connectivity index is 1.28. The van der Waals surface area contributed by atoms with Crippen molar-refractivity contribution >= 4 is 17.1 Å². The van der Waals surface area contributed by atoms with Crippen LogP contribution in [0.15, 0.2) is 12.1 Å². The van der Waals surface area contributed by atoms with Crippen molar-refractivity contribution < 1.29 is 27.8 Å². The lowest BCUT2D eigenvalue weighted by molar-refractivity contribution is -0.136. The van der Waals surface area contributed by atoms with Crippen LogP contribution < -0.4 is 14.8 Å². The van der Waals surface area contributed by atoms with E-state index in [9.17, 15) is 13.6 Å². The van der Waals surface area contributed by atoms with E-state index in [1.807, 2.05) is 6.92 Å². The number of carbonyl (C=O) groups is 1. The summed E-state index contributed by atoms with van der Waals surface area (Å²) >= 11 is 0. The van der Waals surface area contributed by atoms with Gasteiger partial charge in [-0.1, -0.05) is 0 Å². The monoisotopic (exact) mass is 452 g/mol. The van der Waals surface area contributed by atoms with Crippen LogP contribution in [0.1, 0.15) is 52.4 Å². The lowest BCUT2D eigenvalue weighted by atomic mass is 9.91. The third kappa shape index (κ3) is 5.46. The molecular weight excluding hydrogens is 422 g/mol. The van der Waals surface area contributed by atoms with Crippen molar-refractivity contribution in [2.75, 3.05) is 6.61 Å². The molecule has 1 atom stereocenters. The number of carbonyl (C=O) groups excluding carboxylic acids is 1. The molecule has 2 aromatic rings. The molecule has 2 saturated carbocycles. The first-order valence-electron chi connectivity index (χ1n) is 11.1. The second-order valence-corrected chi connectivity index (χ2v) is 8.90. The van der Waals surface area contributed by atoms with Gasteiger partial charge in [0.15, 0.2) is 5.65 Å². The minimum absolute atomic E-state index is 0.00838. The molecule has 2 aliphatic rings. The molecule has 10 heteroatoms. The number of halogens is 2. The summed E-state index contributed by atoms with van der Waals surface area (Å²) in [6.45, 7) is 3.92. The molecule has 0 radical (unpaired) electrons. The molecule has 8 nitrogen and oxygen atoms in total. The highest BCUT2D eigenvalue weighted by atomic mass is 19.3. The number of hydrogen-bond donors (Lipinski definition) is 1. The summed E-state index contributed by atoms with van der Waals surface area (Å²) in [7, 11) is 1.75. The van der Waals surface area contributed by atoms with Crippen LogP contribution >= 0.6 is 0 Å². The summed E-state index contributed by atoms with van der Waals surface area (Å²) in [5, 5.41) is 2.82. The van der Waals surface area contributed by atoms with Gasteiger partial charge in [0.1, 0.15) is 17.7 Å². The second-order valence-electron chi connectivity index (χ2n) is 8.90. The van der Waals surface area contributed by atoms with Crippen LogP contribution in [0, 0.1) is 0 Å². The molecule has 0 spiro atoms. The fraction of sp³-hybridized carbons (Fsp3) is 0.682. The first-order valence-corrected chi connectivity index (χ1v) is 11.1. The van der Waals surface area contributed by atoms with Gasteiger partial charge >= 0.3 is 0 Å². The molecule has 2 heterocycles. The summed E-state index contributed by atoms with van der Waals surface area (Å²) in [5.74, 6) is -2.19. The van der Waals surface area contributed by atoms with Gasteiger partial charge < -0.3 is 19.5 Å². The minimum Gasteiger partial charge on any atom is -0.474 e. The molecule has 0 aliphatic heterocycles. The van der Waals surface area contributed by atoms with E-state index in [4.69, 9.17) is 14.2 Å². The van der Waals surface area contributed by atoms with E-state index < -0.39 is 12.0 Å².